The van der Waals surface area contributed by atoms with Crippen molar-refractivity contribution in [3.05, 3.63) is 22.7 Å². The van der Waals surface area contributed by atoms with E-state index in [-0.39, 0.29) is 5.69 Å². The van der Waals surface area contributed by atoms with Crippen molar-refractivity contribution in [1.29, 1.82) is 0 Å². The van der Waals surface area contributed by atoms with Crippen LogP contribution in [0.2, 0.25) is 0 Å². The molecule has 1 aromatic heterocycles. The summed E-state index contributed by atoms with van der Waals surface area (Å²) in [6.07, 6.45) is 1.30. The van der Waals surface area contributed by atoms with Gasteiger partial charge in [0.1, 0.15) is 10.9 Å². The number of rotatable bonds is 2. The molecule has 1 aromatic rings. The summed E-state index contributed by atoms with van der Waals surface area (Å²) in [5.41, 5.74) is 0.263. The van der Waals surface area contributed by atoms with E-state index >= 15 is 0 Å². The maximum absolute atomic E-state index is 11.1. The van der Waals surface area contributed by atoms with Crippen LogP contribution in [-0.2, 0) is 4.74 Å². The smallest absolute Gasteiger partial charge is 0.357 e. The number of carbonyl (C=O) groups is 1. The summed E-state index contributed by atoms with van der Waals surface area (Å²) in [5, 5.41) is 0. The average molecular weight is 231 g/mol. The summed E-state index contributed by atoms with van der Waals surface area (Å²) in [6, 6.07) is 1.51. The second-order valence-corrected chi connectivity index (χ2v) is 2.76. The van der Waals surface area contributed by atoms with Gasteiger partial charge in [0.15, 0.2) is 5.69 Å². The van der Waals surface area contributed by atoms with Crippen LogP contribution in [0.25, 0.3) is 0 Å². The third-order valence-corrected chi connectivity index (χ3v) is 1.55. The van der Waals surface area contributed by atoms with Gasteiger partial charge in [0.05, 0.1) is 6.61 Å². The van der Waals surface area contributed by atoms with Gasteiger partial charge >= 0.3 is 5.97 Å². The molecule has 1 rings (SSSR count). The minimum Gasteiger partial charge on any atom is -0.461 e. The summed E-state index contributed by atoms with van der Waals surface area (Å²) in [4.78, 5) is 18.6. The third-order valence-electron chi connectivity index (χ3n) is 1.12. The largest absolute Gasteiger partial charge is 0.461 e. The van der Waals surface area contributed by atoms with E-state index in [0.29, 0.717) is 11.2 Å². The molecular formula is C7H7BrN2O2. The topological polar surface area (TPSA) is 52.1 Å². The molecule has 1 heterocycles. The van der Waals surface area contributed by atoms with Crippen molar-refractivity contribution in [2.75, 3.05) is 6.61 Å². The van der Waals surface area contributed by atoms with Gasteiger partial charge in [-0.2, -0.15) is 0 Å². The monoisotopic (exact) mass is 230 g/mol. The lowest BCUT2D eigenvalue weighted by atomic mass is 10.4. The van der Waals surface area contributed by atoms with E-state index < -0.39 is 5.97 Å². The number of hydrogen-bond donors (Lipinski definition) is 0. The minimum absolute atomic E-state index is 0.263. The molecule has 0 atom stereocenters. The average Bonchev–Trinajstić information content (AvgIpc) is 2.05. The number of esters is 1. The first-order chi connectivity index (χ1) is 5.74. The predicted octanol–water partition coefficient (Wildman–Crippen LogP) is 1.42. The van der Waals surface area contributed by atoms with Crippen molar-refractivity contribution < 1.29 is 9.53 Å². The summed E-state index contributed by atoms with van der Waals surface area (Å²) >= 11 is 3.12. The van der Waals surface area contributed by atoms with Gasteiger partial charge < -0.3 is 4.74 Å². The molecular weight excluding hydrogens is 224 g/mol. The molecule has 0 aliphatic rings. The zero-order valence-electron chi connectivity index (χ0n) is 6.45. The molecule has 4 nitrogen and oxygen atoms in total. The maximum atomic E-state index is 11.1. The summed E-state index contributed by atoms with van der Waals surface area (Å²) < 4.78 is 5.30. The Hall–Kier alpha value is -0.970. The molecule has 0 bridgehead atoms. The van der Waals surface area contributed by atoms with Gasteiger partial charge in [0.25, 0.3) is 0 Å². The van der Waals surface area contributed by atoms with Crippen LogP contribution in [0.15, 0.2) is 17.0 Å². The van der Waals surface area contributed by atoms with E-state index in [1.54, 1.807) is 6.92 Å². The highest BCUT2D eigenvalue weighted by molar-refractivity contribution is 9.10. The van der Waals surface area contributed by atoms with E-state index in [1.165, 1.54) is 12.4 Å². The molecule has 0 aromatic carbocycles. The number of halogens is 1. The summed E-state index contributed by atoms with van der Waals surface area (Å²) in [6.45, 7) is 2.09. The zero-order chi connectivity index (χ0) is 8.97. The van der Waals surface area contributed by atoms with Crippen LogP contribution in [0.4, 0.5) is 0 Å². The Labute approximate surface area is 78.1 Å². The first-order valence-electron chi connectivity index (χ1n) is 3.38. The Morgan fingerprint density at radius 1 is 1.67 bits per heavy atom. The van der Waals surface area contributed by atoms with Crippen molar-refractivity contribution >= 4 is 21.9 Å². The minimum atomic E-state index is -0.430. The zero-order valence-corrected chi connectivity index (χ0v) is 8.04. The van der Waals surface area contributed by atoms with Crippen LogP contribution in [0, 0.1) is 0 Å². The van der Waals surface area contributed by atoms with E-state index in [1.807, 2.05) is 0 Å². The highest BCUT2D eigenvalue weighted by Crippen LogP contribution is 2.06. The van der Waals surface area contributed by atoms with Gasteiger partial charge in [-0.25, -0.2) is 14.8 Å². The molecule has 0 saturated carbocycles. The van der Waals surface area contributed by atoms with Crippen molar-refractivity contribution in [3.8, 4) is 0 Å². The third kappa shape index (κ3) is 2.27. The second-order valence-electron chi connectivity index (χ2n) is 1.95. The van der Waals surface area contributed by atoms with Crippen LogP contribution in [0.3, 0.4) is 0 Å². The first kappa shape index (κ1) is 9.12. The highest BCUT2D eigenvalue weighted by atomic mass is 79.9. The van der Waals surface area contributed by atoms with E-state index in [9.17, 15) is 4.79 Å². The summed E-state index contributed by atoms with van der Waals surface area (Å²) in [5.74, 6) is -0.430. The van der Waals surface area contributed by atoms with Gasteiger partial charge in [-0.05, 0) is 22.9 Å². The molecule has 0 saturated heterocycles. The van der Waals surface area contributed by atoms with Crippen LogP contribution < -0.4 is 0 Å². The fourth-order valence-corrected chi connectivity index (χ4v) is 0.959. The molecule has 12 heavy (non-hydrogen) atoms. The van der Waals surface area contributed by atoms with Gasteiger partial charge in [-0.1, -0.05) is 0 Å². The lowest BCUT2D eigenvalue weighted by Crippen LogP contribution is -2.06. The normalized spacial score (nSPS) is 9.50. The van der Waals surface area contributed by atoms with E-state index in [4.69, 9.17) is 4.74 Å². The Balaban J connectivity index is 2.81. The van der Waals surface area contributed by atoms with E-state index in [0.717, 1.165) is 0 Å². The van der Waals surface area contributed by atoms with Gasteiger partial charge in [0.2, 0.25) is 0 Å². The fraction of sp³-hybridized carbons (Fsp3) is 0.286. The van der Waals surface area contributed by atoms with Gasteiger partial charge in [-0.3, -0.25) is 0 Å². The Morgan fingerprint density at radius 3 is 3.00 bits per heavy atom. The van der Waals surface area contributed by atoms with Crippen molar-refractivity contribution in [3.63, 3.8) is 0 Å². The highest BCUT2D eigenvalue weighted by Gasteiger charge is 2.07. The van der Waals surface area contributed by atoms with Crippen molar-refractivity contribution in [2.45, 2.75) is 6.92 Å². The number of carbonyl (C=O) groups excluding carboxylic acids is 1. The molecule has 0 aliphatic heterocycles. The van der Waals surface area contributed by atoms with Crippen LogP contribution >= 0.6 is 15.9 Å². The lowest BCUT2D eigenvalue weighted by molar-refractivity contribution is 0.0519. The molecule has 64 valence electrons. The van der Waals surface area contributed by atoms with Gasteiger partial charge in [-0.15, -0.1) is 0 Å². The Kier molecular flexibility index (Phi) is 3.16. The summed E-state index contributed by atoms with van der Waals surface area (Å²) in [7, 11) is 0. The van der Waals surface area contributed by atoms with Gasteiger partial charge in [0, 0.05) is 6.07 Å². The van der Waals surface area contributed by atoms with Crippen molar-refractivity contribution in [2.24, 2.45) is 0 Å². The standard InChI is InChI=1S/C7H7BrN2O2/c1-2-12-7(11)5-3-6(8)10-4-9-5/h3-4H,2H2,1H3. The molecule has 0 spiro atoms. The number of hydrogen-bond acceptors (Lipinski definition) is 4. The Bertz CT molecular complexity index is 290. The maximum Gasteiger partial charge on any atom is 0.357 e. The Morgan fingerprint density at radius 2 is 2.42 bits per heavy atom. The first-order valence-corrected chi connectivity index (χ1v) is 4.18. The van der Waals surface area contributed by atoms with E-state index in [2.05, 4.69) is 25.9 Å². The van der Waals surface area contributed by atoms with Crippen LogP contribution in [0.5, 0.6) is 0 Å². The molecule has 0 amide bonds. The number of nitrogens with zero attached hydrogens (tertiary/aromatic N) is 2. The molecule has 0 aliphatic carbocycles. The molecule has 0 fully saturated rings. The van der Waals surface area contributed by atoms with Crippen LogP contribution in [0.1, 0.15) is 17.4 Å². The predicted molar refractivity (Wildman–Crippen MR) is 45.7 cm³/mol. The van der Waals surface area contributed by atoms with Crippen LogP contribution in [-0.4, -0.2) is 22.5 Å². The fourth-order valence-electron chi connectivity index (χ4n) is 0.650. The second kappa shape index (κ2) is 4.15. The number of ether oxygens (including phenoxy) is 1. The lowest BCUT2D eigenvalue weighted by Gasteiger charge is -1.99. The molecule has 0 N–H and O–H groups in total. The molecule has 0 unspecified atom stereocenters. The van der Waals surface area contributed by atoms with Crippen molar-refractivity contribution in [1.82, 2.24) is 9.97 Å². The molecule has 5 heteroatoms. The quantitative estimate of drug-likeness (QED) is 0.570. The SMILES string of the molecule is CCOC(=O)c1cc(Br)ncn1. The molecule has 0 radical (unpaired) electrons. The number of aromatic nitrogens is 2.